The van der Waals surface area contributed by atoms with Gasteiger partial charge in [-0.1, -0.05) is 5.16 Å². The highest BCUT2D eigenvalue weighted by atomic mass is 16.5. The van der Waals surface area contributed by atoms with Crippen LogP contribution in [-0.4, -0.2) is 37.8 Å². The average molecular weight is 312 g/mol. The highest BCUT2D eigenvalue weighted by Crippen LogP contribution is 2.29. The summed E-state index contributed by atoms with van der Waals surface area (Å²) in [4.78, 5) is 15.3. The summed E-state index contributed by atoms with van der Waals surface area (Å²) in [6.45, 7) is 6.98. The fourth-order valence-electron chi connectivity index (χ4n) is 3.42. The highest BCUT2D eigenvalue weighted by molar-refractivity contribution is 5.87. The maximum absolute atomic E-state index is 5.27. The molecule has 1 saturated heterocycles. The molecule has 1 aliphatic rings. The van der Waals surface area contributed by atoms with E-state index in [-0.39, 0.29) is 0 Å². The Balaban J connectivity index is 1.59. The molecule has 1 fully saturated rings. The molecule has 4 heterocycles. The Morgan fingerprint density at radius 3 is 3.00 bits per heavy atom. The van der Waals surface area contributed by atoms with Crippen LogP contribution in [0.2, 0.25) is 0 Å². The highest BCUT2D eigenvalue weighted by Gasteiger charge is 2.24. The van der Waals surface area contributed by atoms with Gasteiger partial charge in [0.05, 0.1) is 5.69 Å². The number of rotatable bonds is 3. The fraction of sp³-hybridized carbons (Fsp3) is 0.500. The minimum Gasteiger partial charge on any atom is -0.355 e. The first-order valence-electron chi connectivity index (χ1n) is 8.02. The number of fused-ring (bicyclic) bond motifs is 1. The molecule has 1 aliphatic heterocycles. The van der Waals surface area contributed by atoms with E-state index in [0.717, 1.165) is 48.8 Å². The lowest BCUT2D eigenvalue weighted by molar-refractivity contribution is 0.363. The number of imidazole rings is 1. The lowest BCUT2D eigenvalue weighted by Gasteiger charge is -2.34. The molecular weight excluding hydrogens is 292 g/mol. The van der Waals surface area contributed by atoms with E-state index in [1.54, 1.807) is 6.33 Å². The van der Waals surface area contributed by atoms with E-state index in [2.05, 4.69) is 42.7 Å². The Labute approximate surface area is 134 Å². The van der Waals surface area contributed by atoms with Crippen LogP contribution in [0.25, 0.3) is 11.1 Å². The van der Waals surface area contributed by atoms with Crippen LogP contribution in [0.1, 0.15) is 24.4 Å². The number of aryl methyl sites for hydroxylation is 2. The minimum absolute atomic E-state index is 0.570. The van der Waals surface area contributed by atoms with Gasteiger partial charge in [-0.15, -0.1) is 0 Å². The molecule has 0 unspecified atom stereocenters. The first kappa shape index (κ1) is 14.2. The van der Waals surface area contributed by atoms with Crippen LogP contribution in [-0.2, 0) is 6.54 Å². The van der Waals surface area contributed by atoms with Gasteiger partial charge in [-0.25, -0.2) is 9.97 Å². The van der Waals surface area contributed by atoms with Crippen molar-refractivity contribution in [3.8, 4) is 0 Å². The maximum Gasteiger partial charge on any atom is 0.263 e. The topological polar surface area (TPSA) is 72.9 Å². The number of hydrogen-bond acceptors (Lipinski definition) is 6. The van der Waals surface area contributed by atoms with Crippen molar-refractivity contribution in [2.45, 2.75) is 33.2 Å². The van der Waals surface area contributed by atoms with Crippen molar-refractivity contribution in [2.75, 3.05) is 18.0 Å². The number of piperidine rings is 1. The van der Waals surface area contributed by atoms with Gasteiger partial charge in [0, 0.05) is 32.0 Å². The van der Waals surface area contributed by atoms with Gasteiger partial charge in [0.2, 0.25) is 0 Å². The predicted molar refractivity (Wildman–Crippen MR) is 86.2 cm³/mol. The Kier molecular flexibility index (Phi) is 3.48. The molecule has 0 aliphatic carbocycles. The van der Waals surface area contributed by atoms with Crippen LogP contribution < -0.4 is 4.90 Å². The van der Waals surface area contributed by atoms with Gasteiger partial charge < -0.3 is 14.0 Å². The summed E-state index contributed by atoms with van der Waals surface area (Å²) < 4.78 is 7.50. The van der Waals surface area contributed by atoms with Crippen molar-refractivity contribution in [1.29, 1.82) is 0 Å². The molecule has 120 valence electrons. The fourth-order valence-corrected chi connectivity index (χ4v) is 3.42. The van der Waals surface area contributed by atoms with Gasteiger partial charge in [-0.2, -0.15) is 4.98 Å². The van der Waals surface area contributed by atoms with E-state index in [1.807, 2.05) is 13.1 Å². The van der Waals surface area contributed by atoms with Gasteiger partial charge in [0.1, 0.15) is 23.4 Å². The first-order chi connectivity index (χ1) is 11.2. The van der Waals surface area contributed by atoms with Crippen molar-refractivity contribution in [3.63, 3.8) is 0 Å². The van der Waals surface area contributed by atoms with Crippen molar-refractivity contribution in [3.05, 3.63) is 30.2 Å². The number of hydrogen-bond donors (Lipinski definition) is 0. The van der Waals surface area contributed by atoms with Gasteiger partial charge in [0.25, 0.3) is 5.71 Å². The third-order valence-electron chi connectivity index (χ3n) is 4.62. The van der Waals surface area contributed by atoms with E-state index in [0.29, 0.717) is 11.6 Å². The molecular formula is C16H20N6O. The molecule has 0 saturated carbocycles. The Morgan fingerprint density at radius 2 is 2.17 bits per heavy atom. The SMILES string of the molecule is Cc1noc2ncnc(N3CCC[C@@H](Cn4ccnc4C)C3)c12. The van der Waals surface area contributed by atoms with E-state index in [9.17, 15) is 0 Å². The zero-order chi connectivity index (χ0) is 15.8. The smallest absolute Gasteiger partial charge is 0.263 e. The largest absolute Gasteiger partial charge is 0.355 e. The van der Waals surface area contributed by atoms with Gasteiger partial charge in [0.15, 0.2) is 0 Å². The number of nitrogens with zero attached hydrogens (tertiary/aromatic N) is 6. The molecule has 0 bridgehead atoms. The zero-order valence-electron chi connectivity index (χ0n) is 13.4. The molecule has 0 spiro atoms. The third-order valence-corrected chi connectivity index (χ3v) is 4.62. The van der Waals surface area contributed by atoms with E-state index in [4.69, 9.17) is 4.52 Å². The first-order valence-corrected chi connectivity index (χ1v) is 8.02. The van der Waals surface area contributed by atoms with E-state index < -0.39 is 0 Å². The Morgan fingerprint density at radius 1 is 1.26 bits per heavy atom. The predicted octanol–water partition coefficient (Wildman–Crippen LogP) is 2.35. The lowest BCUT2D eigenvalue weighted by Crippen LogP contribution is -2.37. The maximum atomic E-state index is 5.27. The molecule has 7 heteroatoms. The average Bonchev–Trinajstić information content (AvgIpc) is 3.14. The summed E-state index contributed by atoms with van der Waals surface area (Å²) in [5.41, 5.74) is 1.42. The molecule has 3 aromatic heterocycles. The van der Waals surface area contributed by atoms with Gasteiger partial charge in [-0.3, -0.25) is 0 Å². The van der Waals surface area contributed by atoms with E-state index >= 15 is 0 Å². The van der Waals surface area contributed by atoms with E-state index in [1.165, 1.54) is 6.42 Å². The molecule has 4 rings (SSSR count). The second kappa shape index (κ2) is 5.64. The van der Waals surface area contributed by atoms with Crippen LogP contribution in [0.3, 0.4) is 0 Å². The Bertz CT molecular complexity index is 823. The van der Waals surface area contributed by atoms with Crippen LogP contribution in [0.4, 0.5) is 5.82 Å². The quantitative estimate of drug-likeness (QED) is 0.739. The summed E-state index contributed by atoms with van der Waals surface area (Å²) in [5.74, 6) is 2.60. The molecule has 0 aromatic carbocycles. The van der Waals surface area contributed by atoms with Crippen molar-refractivity contribution in [1.82, 2.24) is 24.7 Å². The van der Waals surface area contributed by atoms with Crippen molar-refractivity contribution in [2.24, 2.45) is 5.92 Å². The summed E-state index contributed by atoms with van der Waals surface area (Å²) in [6, 6.07) is 0. The molecule has 0 N–H and O–H groups in total. The molecule has 3 aromatic rings. The molecule has 7 nitrogen and oxygen atoms in total. The summed E-state index contributed by atoms with van der Waals surface area (Å²) in [5, 5.41) is 4.96. The zero-order valence-corrected chi connectivity index (χ0v) is 13.4. The van der Waals surface area contributed by atoms with Crippen LogP contribution in [0.5, 0.6) is 0 Å². The minimum atomic E-state index is 0.570. The van der Waals surface area contributed by atoms with Crippen molar-refractivity contribution >= 4 is 16.9 Å². The molecule has 1 atom stereocenters. The summed E-state index contributed by atoms with van der Waals surface area (Å²) >= 11 is 0. The molecule has 0 amide bonds. The van der Waals surface area contributed by atoms with Gasteiger partial charge >= 0.3 is 0 Å². The normalized spacial score (nSPS) is 18.7. The third kappa shape index (κ3) is 2.56. The number of aromatic nitrogens is 5. The summed E-state index contributed by atoms with van der Waals surface area (Å²) in [6.07, 6.45) is 7.87. The second-order valence-electron chi connectivity index (χ2n) is 6.23. The van der Waals surface area contributed by atoms with Crippen LogP contribution in [0, 0.1) is 19.8 Å². The standard InChI is InChI=1S/C16H20N6O/c1-11-14-15(18-10-19-16(14)23-20-11)22-6-3-4-13(9-22)8-21-7-5-17-12(21)2/h5,7,10,13H,3-4,6,8-9H2,1-2H3/t13-/m0/s1. The molecule has 0 radical (unpaired) electrons. The summed E-state index contributed by atoms with van der Waals surface area (Å²) in [7, 11) is 0. The van der Waals surface area contributed by atoms with Crippen molar-refractivity contribution < 1.29 is 4.52 Å². The lowest BCUT2D eigenvalue weighted by atomic mass is 9.97. The van der Waals surface area contributed by atoms with Crippen LogP contribution >= 0.6 is 0 Å². The molecule has 23 heavy (non-hydrogen) atoms. The number of anilines is 1. The second-order valence-corrected chi connectivity index (χ2v) is 6.23. The monoisotopic (exact) mass is 312 g/mol. The van der Waals surface area contributed by atoms with Gasteiger partial charge in [-0.05, 0) is 32.6 Å². The van der Waals surface area contributed by atoms with Crippen LogP contribution in [0.15, 0.2) is 23.2 Å². The Hall–Kier alpha value is -2.44.